The maximum Gasteiger partial charge on any atom is 0.418 e. The van der Waals surface area contributed by atoms with E-state index in [1.54, 1.807) is 61.6 Å². The number of β-lactam (4-membered cyclic amide) rings is 1. The Labute approximate surface area is 264 Å². The van der Waals surface area contributed by atoms with Crippen LogP contribution in [0, 0.1) is 0 Å². The van der Waals surface area contributed by atoms with Gasteiger partial charge in [-0.3, -0.25) is 14.5 Å². The Kier molecular flexibility index (Phi) is 8.44. The molecule has 3 aliphatic rings. The number of tetrazole rings is 1. The van der Waals surface area contributed by atoms with Crippen LogP contribution in [-0.2, 0) is 26.2 Å². The second-order valence-electron chi connectivity index (χ2n) is 10.2. The molecule has 232 valence electrons. The van der Waals surface area contributed by atoms with E-state index in [2.05, 4.69) is 26.2 Å². The molecule has 2 saturated heterocycles. The Morgan fingerprint density at radius 2 is 1.82 bits per heavy atom. The Bertz CT molecular complexity index is 1690. The number of aryl methyl sites for hydroxylation is 1. The van der Waals surface area contributed by atoms with Gasteiger partial charge in [0.15, 0.2) is 0 Å². The lowest BCUT2D eigenvalue weighted by molar-refractivity contribution is -0.151. The third-order valence-electron chi connectivity index (χ3n) is 7.40. The lowest BCUT2D eigenvalue weighted by Gasteiger charge is -2.49. The summed E-state index contributed by atoms with van der Waals surface area (Å²) < 4.78 is 6.84. The first kappa shape index (κ1) is 30.1. The number of carboxylic acids is 1. The van der Waals surface area contributed by atoms with Crippen molar-refractivity contribution < 1.29 is 33.8 Å². The second-order valence-corrected chi connectivity index (χ2v) is 12.3. The first-order chi connectivity index (χ1) is 21.7. The summed E-state index contributed by atoms with van der Waals surface area (Å²) in [6.07, 6.45) is -1.51. The van der Waals surface area contributed by atoms with E-state index in [4.69, 9.17) is 4.74 Å². The molecule has 0 radical (unpaired) electrons. The van der Waals surface area contributed by atoms with Gasteiger partial charge in [0.2, 0.25) is 11.1 Å². The minimum atomic E-state index is -1.26. The molecule has 5 amide bonds. The van der Waals surface area contributed by atoms with Crippen molar-refractivity contribution in [3.8, 4) is 0 Å². The molecule has 15 nitrogen and oxygen atoms in total. The molecule has 6 rings (SSSR count). The normalized spacial score (nSPS) is 21.5. The van der Waals surface area contributed by atoms with Crippen LogP contribution in [0.25, 0.3) is 0 Å². The number of amides is 5. The summed E-state index contributed by atoms with van der Waals surface area (Å²) in [6.45, 7) is -0.0509. The number of thioether (sulfide) groups is 2. The molecule has 0 saturated carbocycles. The van der Waals surface area contributed by atoms with Crippen LogP contribution in [-0.4, -0.2) is 94.5 Å². The number of hydrogen-bond acceptors (Lipinski definition) is 11. The largest absolute Gasteiger partial charge is 0.477 e. The minimum absolute atomic E-state index is 0.0509. The van der Waals surface area contributed by atoms with Gasteiger partial charge in [-0.05, 0) is 27.1 Å². The third-order valence-corrected chi connectivity index (χ3v) is 9.83. The summed E-state index contributed by atoms with van der Waals surface area (Å²) in [4.78, 5) is 67.1. The van der Waals surface area contributed by atoms with Gasteiger partial charge in [-0.1, -0.05) is 72.4 Å². The van der Waals surface area contributed by atoms with Gasteiger partial charge < -0.3 is 20.5 Å². The Hall–Kier alpha value is -4.90. The Morgan fingerprint density at radius 1 is 1.11 bits per heavy atom. The highest BCUT2D eigenvalue weighted by molar-refractivity contribution is 8.01. The van der Waals surface area contributed by atoms with Crippen LogP contribution in [0.2, 0.25) is 0 Å². The first-order valence-corrected chi connectivity index (χ1v) is 15.7. The van der Waals surface area contributed by atoms with E-state index < -0.39 is 53.5 Å². The number of carboxylic acid groups (broad SMARTS) is 1. The summed E-state index contributed by atoms with van der Waals surface area (Å²) in [5.74, 6) is -1.99. The van der Waals surface area contributed by atoms with Gasteiger partial charge in [-0.25, -0.2) is 24.0 Å². The molecule has 3 N–H and O–H groups in total. The smallest absolute Gasteiger partial charge is 0.418 e. The van der Waals surface area contributed by atoms with Crippen LogP contribution in [0.4, 0.5) is 9.59 Å². The molecule has 2 fully saturated rings. The Morgan fingerprint density at radius 3 is 2.49 bits per heavy atom. The van der Waals surface area contributed by atoms with Crippen molar-refractivity contribution in [2.24, 2.45) is 7.05 Å². The zero-order valence-electron chi connectivity index (χ0n) is 23.6. The molecule has 4 atom stereocenters. The number of fused-ring (bicyclic) bond motifs is 1. The molecule has 3 aromatic rings. The average molecular weight is 651 g/mol. The van der Waals surface area contributed by atoms with Crippen molar-refractivity contribution in [2.45, 2.75) is 28.7 Å². The van der Waals surface area contributed by atoms with E-state index in [0.717, 1.165) is 10.5 Å². The van der Waals surface area contributed by atoms with Gasteiger partial charge in [-0.2, -0.15) is 0 Å². The van der Waals surface area contributed by atoms with Crippen LogP contribution in [0.5, 0.6) is 0 Å². The summed E-state index contributed by atoms with van der Waals surface area (Å²) >= 11 is 2.56. The second kappa shape index (κ2) is 12.6. The molecule has 0 spiro atoms. The van der Waals surface area contributed by atoms with E-state index in [9.17, 15) is 29.1 Å². The van der Waals surface area contributed by atoms with Gasteiger partial charge in [0, 0.05) is 18.6 Å². The number of ether oxygens (including phenoxy) is 1. The fourth-order valence-corrected chi connectivity index (χ4v) is 7.48. The van der Waals surface area contributed by atoms with Crippen molar-refractivity contribution in [2.75, 3.05) is 18.1 Å². The lowest BCUT2D eigenvalue weighted by Crippen LogP contribution is -2.71. The number of aliphatic carboxylic acids is 1. The number of hydrogen-bond donors (Lipinski definition) is 3. The van der Waals surface area contributed by atoms with Crippen molar-refractivity contribution >= 4 is 53.4 Å². The van der Waals surface area contributed by atoms with Crippen LogP contribution < -0.4 is 10.6 Å². The zero-order chi connectivity index (χ0) is 31.7. The number of rotatable bonds is 9. The quantitative estimate of drug-likeness (QED) is 0.225. The molecule has 3 aliphatic heterocycles. The molecule has 4 heterocycles. The zero-order valence-corrected chi connectivity index (χ0v) is 25.2. The minimum Gasteiger partial charge on any atom is -0.477 e. The van der Waals surface area contributed by atoms with Crippen LogP contribution in [0.15, 0.2) is 77.1 Å². The number of urea groups is 1. The molecular formula is C28H26N8O7S2. The molecule has 1 aromatic heterocycles. The van der Waals surface area contributed by atoms with E-state index in [1.165, 1.54) is 33.1 Å². The number of nitrogens with zero attached hydrogens (tertiary/aromatic N) is 6. The molecule has 2 aromatic carbocycles. The lowest BCUT2D eigenvalue weighted by atomic mass is 10.0. The van der Waals surface area contributed by atoms with Crippen molar-refractivity contribution in [3.05, 3.63) is 83.1 Å². The van der Waals surface area contributed by atoms with Crippen molar-refractivity contribution in [1.29, 1.82) is 0 Å². The fourth-order valence-electron chi connectivity index (χ4n) is 5.14. The molecule has 0 bridgehead atoms. The fraction of sp³-hybridized carbons (Fsp3) is 0.286. The Balaban J connectivity index is 1.15. The monoisotopic (exact) mass is 650 g/mol. The number of carbonyl (C=O) groups excluding carboxylic acids is 4. The van der Waals surface area contributed by atoms with E-state index in [1.807, 2.05) is 6.07 Å². The standard InChI is InChI=1S/C28H26N8O7S2/c1-34-27(31-32-33-34)45-14-17-13-44-24-20(23(38)36(24)21(17)25(39)40)29-22(37)19(16-10-6-3-7-11-16)30-26(41)35-12-18(43-28(35)42)15-8-4-2-5-9-15/h2-11,18-20,24H,12-14H2,1H3,(H,29,37)(H,30,41)(H,39,40)/t18?,19?,20?,24-/m1/s1. The number of cyclic esters (lactones) is 1. The summed E-state index contributed by atoms with van der Waals surface area (Å²) in [6, 6.07) is 14.2. The number of carbonyl (C=O) groups is 5. The van der Waals surface area contributed by atoms with Crippen molar-refractivity contribution in [1.82, 2.24) is 40.6 Å². The number of benzene rings is 2. The SMILES string of the molecule is Cn1nnnc1SCC1=C(C(=O)O)N2C(=O)C(NC(=O)C(NC(=O)N3CC(c4ccccc4)OC3=O)c3ccccc3)[C@H]2SC1. The van der Waals surface area contributed by atoms with E-state index in [0.29, 0.717) is 22.0 Å². The highest BCUT2D eigenvalue weighted by Gasteiger charge is 2.54. The van der Waals surface area contributed by atoms with Gasteiger partial charge in [0.1, 0.15) is 29.3 Å². The van der Waals surface area contributed by atoms with Gasteiger partial charge in [0.25, 0.3) is 5.91 Å². The van der Waals surface area contributed by atoms with E-state index >= 15 is 0 Å². The summed E-state index contributed by atoms with van der Waals surface area (Å²) in [5.41, 5.74) is 1.53. The maximum absolute atomic E-state index is 13.6. The highest BCUT2D eigenvalue weighted by Crippen LogP contribution is 2.41. The average Bonchev–Trinajstić information content (AvgIpc) is 3.66. The third kappa shape index (κ3) is 5.95. The van der Waals surface area contributed by atoms with Gasteiger partial charge in [0.05, 0.1) is 6.54 Å². The summed E-state index contributed by atoms with van der Waals surface area (Å²) in [5, 5.41) is 26.3. The van der Waals surface area contributed by atoms with Crippen LogP contribution >= 0.6 is 23.5 Å². The molecule has 3 unspecified atom stereocenters. The molecule has 0 aliphatic carbocycles. The van der Waals surface area contributed by atoms with Crippen LogP contribution in [0.3, 0.4) is 0 Å². The molecular weight excluding hydrogens is 624 g/mol. The highest BCUT2D eigenvalue weighted by atomic mass is 32.2. The number of imide groups is 1. The number of aromatic nitrogens is 4. The number of nitrogens with one attached hydrogen (secondary N) is 2. The van der Waals surface area contributed by atoms with Gasteiger partial charge in [-0.15, -0.1) is 16.9 Å². The van der Waals surface area contributed by atoms with Gasteiger partial charge >= 0.3 is 18.1 Å². The topological polar surface area (TPSA) is 189 Å². The first-order valence-electron chi connectivity index (χ1n) is 13.7. The molecule has 45 heavy (non-hydrogen) atoms. The molecule has 17 heteroatoms. The maximum atomic E-state index is 13.6. The predicted octanol–water partition coefficient (Wildman–Crippen LogP) is 1.69. The summed E-state index contributed by atoms with van der Waals surface area (Å²) in [7, 11) is 1.66. The van der Waals surface area contributed by atoms with Crippen LogP contribution in [0.1, 0.15) is 23.3 Å². The van der Waals surface area contributed by atoms with E-state index in [-0.39, 0.29) is 18.0 Å². The predicted molar refractivity (Wildman–Crippen MR) is 159 cm³/mol. The van der Waals surface area contributed by atoms with Crippen molar-refractivity contribution in [3.63, 3.8) is 0 Å².